The first kappa shape index (κ1) is 15.8. The fraction of sp³-hybridized carbons (Fsp3) is 0.353. The fourth-order valence-electron chi connectivity index (χ4n) is 3.21. The van der Waals surface area contributed by atoms with Crippen molar-refractivity contribution in [2.75, 3.05) is 20.2 Å². The summed E-state index contributed by atoms with van der Waals surface area (Å²) >= 11 is 0. The molecule has 1 aliphatic heterocycles. The van der Waals surface area contributed by atoms with Crippen LogP contribution < -0.4 is 17.7 Å². The summed E-state index contributed by atoms with van der Waals surface area (Å²) in [7, 11) is 1.48. The van der Waals surface area contributed by atoms with Crippen molar-refractivity contribution in [2.45, 2.75) is 12.3 Å². The van der Waals surface area contributed by atoms with Gasteiger partial charge in [0.15, 0.2) is 0 Å². The van der Waals surface area contributed by atoms with Crippen molar-refractivity contribution in [1.29, 1.82) is 0 Å². The monoisotopic (exact) mass is 305 g/mol. The second-order valence-corrected chi connectivity index (χ2v) is 5.44. The number of benzene rings is 2. The Kier molecular flexibility index (Phi) is 5.21. The molecule has 0 aromatic heterocycles. The van der Waals surface area contributed by atoms with Gasteiger partial charge >= 0.3 is 5.97 Å². The maximum absolute atomic E-state index is 12.0. The van der Waals surface area contributed by atoms with Crippen molar-refractivity contribution in [1.82, 2.24) is 0 Å². The second kappa shape index (κ2) is 6.92. The van der Waals surface area contributed by atoms with Gasteiger partial charge < -0.3 is 22.5 Å². The quantitative estimate of drug-likeness (QED) is 0.700. The van der Waals surface area contributed by atoms with Crippen LogP contribution in [0, 0.1) is 5.92 Å². The molecule has 4 heteroatoms. The van der Waals surface area contributed by atoms with Crippen LogP contribution in [0.3, 0.4) is 0 Å². The van der Waals surface area contributed by atoms with Crippen LogP contribution >= 0.6 is 0 Å². The van der Waals surface area contributed by atoms with Gasteiger partial charge in [0, 0.05) is 12.3 Å². The third-order valence-corrected chi connectivity index (χ3v) is 4.29. The number of hydrogen-bond donors (Lipinski definition) is 1. The number of rotatable bonds is 2. The van der Waals surface area contributed by atoms with E-state index in [0.717, 1.165) is 19.5 Å². The maximum atomic E-state index is 12.0. The average molecular weight is 306 g/mol. The normalized spacial score (nSPS) is 21.6. The van der Waals surface area contributed by atoms with Crippen molar-refractivity contribution < 1.29 is 27.3 Å². The van der Waals surface area contributed by atoms with Crippen LogP contribution in [0.5, 0.6) is 0 Å². The molecular weight excluding hydrogens is 286 g/mol. The molecule has 2 N–H and O–H groups in total. The number of esters is 1. The Morgan fingerprint density at radius 1 is 1.19 bits per heavy atom. The molecular formula is C17H20ClNO2. The van der Waals surface area contributed by atoms with Gasteiger partial charge in [-0.2, -0.15) is 0 Å². The number of nitrogens with two attached hydrogens (primary N) is 1. The molecule has 3 rings (SSSR count). The maximum Gasteiger partial charge on any atom is 0.315 e. The number of quaternary nitrogens is 1. The van der Waals surface area contributed by atoms with E-state index >= 15 is 0 Å². The van der Waals surface area contributed by atoms with Crippen molar-refractivity contribution in [3.8, 4) is 0 Å². The highest BCUT2D eigenvalue weighted by molar-refractivity contribution is 5.83. The lowest BCUT2D eigenvalue weighted by atomic mass is 9.80. The lowest BCUT2D eigenvalue weighted by Gasteiger charge is -2.28. The highest BCUT2D eigenvalue weighted by atomic mass is 35.5. The van der Waals surface area contributed by atoms with Crippen molar-refractivity contribution in [3.63, 3.8) is 0 Å². The summed E-state index contributed by atoms with van der Waals surface area (Å²) in [6.07, 6.45) is 1.03. The summed E-state index contributed by atoms with van der Waals surface area (Å²) in [5.41, 5.74) is 1.26. The van der Waals surface area contributed by atoms with Crippen LogP contribution in [0.4, 0.5) is 0 Å². The zero-order chi connectivity index (χ0) is 13.9. The molecule has 2 aromatic carbocycles. The Hall–Kier alpha value is -1.58. The predicted octanol–water partition coefficient (Wildman–Crippen LogP) is -1.32. The lowest BCUT2D eigenvalue weighted by Crippen LogP contribution is -3.00. The molecule has 1 saturated heterocycles. The summed E-state index contributed by atoms with van der Waals surface area (Å²) in [5, 5.41) is 4.69. The minimum Gasteiger partial charge on any atom is -1.00 e. The Balaban J connectivity index is 0.00000161. The molecule has 0 unspecified atom stereocenters. The molecule has 2 atom stereocenters. The lowest BCUT2D eigenvalue weighted by molar-refractivity contribution is -0.668. The van der Waals surface area contributed by atoms with Gasteiger partial charge in [0.2, 0.25) is 0 Å². The van der Waals surface area contributed by atoms with E-state index in [9.17, 15) is 4.79 Å². The smallest absolute Gasteiger partial charge is 0.315 e. The molecule has 1 fully saturated rings. The minimum atomic E-state index is -0.0842. The Labute approximate surface area is 131 Å². The van der Waals surface area contributed by atoms with Crippen LogP contribution in [0.2, 0.25) is 0 Å². The van der Waals surface area contributed by atoms with Gasteiger partial charge in [0.05, 0.1) is 20.2 Å². The third-order valence-electron chi connectivity index (χ3n) is 4.29. The molecule has 0 spiro atoms. The Morgan fingerprint density at radius 3 is 2.71 bits per heavy atom. The van der Waals surface area contributed by atoms with E-state index in [-0.39, 0.29) is 30.2 Å². The molecule has 0 saturated carbocycles. The van der Waals surface area contributed by atoms with E-state index in [2.05, 4.69) is 47.8 Å². The molecule has 21 heavy (non-hydrogen) atoms. The number of piperidine rings is 1. The van der Waals surface area contributed by atoms with Crippen molar-refractivity contribution in [3.05, 3.63) is 48.0 Å². The third kappa shape index (κ3) is 3.20. The van der Waals surface area contributed by atoms with E-state index < -0.39 is 0 Å². The molecule has 2 aromatic rings. The Morgan fingerprint density at radius 2 is 1.95 bits per heavy atom. The van der Waals surface area contributed by atoms with Crippen LogP contribution in [0.1, 0.15) is 17.9 Å². The minimum absolute atomic E-state index is 0. The number of carbonyl (C=O) groups is 1. The van der Waals surface area contributed by atoms with Crippen LogP contribution in [-0.4, -0.2) is 26.2 Å². The summed E-state index contributed by atoms with van der Waals surface area (Å²) < 4.78 is 4.97. The topological polar surface area (TPSA) is 42.9 Å². The molecule has 1 aliphatic rings. The van der Waals surface area contributed by atoms with Crippen LogP contribution in [-0.2, 0) is 9.53 Å². The molecule has 0 radical (unpaired) electrons. The van der Waals surface area contributed by atoms with Gasteiger partial charge in [-0.1, -0.05) is 42.5 Å². The Bertz CT molecular complexity index is 629. The molecule has 3 nitrogen and oxygen atoms in total. The number of halogens is 1. The zero-order valence-corrected chi connectivity index (χ0v) is 12.8. The number of hydrogen-bond acceptors (Lipinski definition) is 2. The van der Waals surface area contributed by atoms with E-state index in [1.807, 2.05) is 0 Å². The molecule has 112 valence electrons. The van der Waals surface area contributed by atoms with Gasteiger partial charge in [0.25, 0.3) is 0 Å². The van der Waals surface area contributed by atoms with E-state index in [1.165, 1.54) is 23.4 Å². The highest BCUT2D eigenvalue weighted by Crippen LogP contribution is 2.31. The molecule has 1 heterocycles. The first-order chi connectivity index (χ1) is 9.79. The van der Waals surface area contributed by atoms with Gasteiger partial charge in [-0.3, -0.25) is 4.79 Å². The number of carbonyl (C=O) groups excluding carboxylic acids is 1. The predicted molar refractivity (Wildman–Crippen MR) is 78.5 cm³/mol. The second-order valence-electron chi connectivity index (χ2n) is 5.44. The van der Waals surface area contributed by atoms with Crippen molar-refractivity contribution in [2.24, 2.45) is 5.92 Å². The molecule has 0 bridgehead atoms. The SMILES string of the molecule is COC(=O)[C@@H]1C[NH2+]CC[C@H]1c1ccc2ccccc2c1.[Cl-]. The van der Waals surface area contributed by atoms with Gasteiger partial charge in [-0.25, -0.2) is 0 Å². The van der Waals surface area contributed by atoms with E-state index in [0.29, 0.717) is 0 Å². The molecule has 0 aliphatic carbocycles. The van der Waals surface area contributed by atoms with Crippen molar-refractivity contribution >= 4 is 16.7 Å². The van der Waals surface area contributed by atoms with Gasteiger partial charge in [0.1, 0.15) is 5.92 Å². The van der Waals surface area contributed by atoms with Gasteiger partial charge in [-0.15, -0.1) is 0 Å². The number of methoxy groups -OCH3 is 1. The summed E-state index contributed by atoms with van der Waals surface area (Å²) in [6.45, 7) is 1.90. The van der Waals surface area contributed by atoms with Crippen LogP contribution in [0.25, 0.3) is 10.8 Å². The van der Waals surface area contributed by atoms with E-state index in [4.69, 9.17) is 4.74 Å². The summed E-state index contributed by atoms with van der Waals surface area (Å²) in [6, 6.07) is 14.9. The van der Waals surface area contributed by atoms with Crippen LogP contribution in [0.15, 0.2) is 42.5 Å². The average Bonchev–Trinajstić information content (AvgIpc) is 2.53. The first-order valence-corrected chi connectivity index (χ1v) is 7.18. The van der Waals surface area contributed by atoms with E-state index in [1.54, 1.807) is 0 Å². The standard InChI is InChI=1S/C17H19NO2.ClH/c1-20-17(19)16-11-18-9-8-15(16)14-7-6-12-4-2-3-5-13(12)10-14;/h2-7,10,15-16,18H,8-9,11H2,1H3;1H/t15-,16+;/m0./s1. The summed E-state index contributed by atoms with van der Waals surface area (Å²) in [4.78, 5) is 12.0. The number of fused-ring (bicyclic) bond motifs is 1. The summed E-state index contributed by atoms with van der Waals surface area (Å²) in [5.74, 6) is 0.158. The molecule has 0 amide bonds. The highest BCUT2D eigenvalue weighted by Gasteiger charge is 2.35. The number of ether oxygens (including phenoxy) is 1. The first-order valence-electron chi connectivity index (χ1n) is 7.18. The fourth-order valence-corrected chi connectivity index (χ4v) is 3.21. The van der Waals surface area contributed by atoms with Gasteiger partial charge in [-0.05, 0) is 16.3 Å². The largest absolute Gasteiger partial charge is 1.00 e. The zero-order valence-electron chi connectivity index (χ0n) is 12.1.